The third-order valence-corrected chi connectivity index (χ3v) is 1.85. The number of hydrogen-bond acceptors (Lipinski definition) is 3. The fraction of sp³-hybridized carbons (Fsp3) is 0.400. The Bertz CT molecular complexity index is 349. The van der Waals surface area contributed by atoms with Crippen molar-refractivity contribution in [2.75, 3.05) is 6.54 Å². The summed E-state index contributed by atoms with van der Waals surface area (Å²) < 4.78 is 5.00. The molecule has 1 amide bonds. The molecule has 14 heavy (non-hydrogen) atoms. The Labute approximate surface area is 82.5 Å². The van der Waals surface area contributed by atoms with Crippen molar-refractivity contribution in [3.8, 4) is 6.07 Å². The Kier molecular flexibility index (Phi) is 3.74. The molecule has 0 aliphatic carbocycles. The molecule has 0 fully saturated rings. The van der Waals surface area contributed by atoms with Crippen molar-refractivity contribution in [3.05, 3.63) is 23.7 Å². The molecular weight excluding hydrogens is 180 g/mol. The molecule has 0 spiro atoms. The zero-order valence-corrected chi connectivity index (χ0v) is 8.04. The van der Waals surface area contributed by atoms with Gasteiger partial charge in [0.15, 0.2) is 0 Å². The maximum Gasteiger partial charge on any atom is 0.254 e. The molecule has 1 aromatic rings. The van der Waals surface area contributed by atoms with Gasteiger partial charge in [-0.15, -0.1) is 0 Å². The van der Waals surface area contributed by atoms with E-state index in [1.807, 2.05) is 6.07 Å². The highest BCUT2D eigenvalue weighted by molar-refractivity contribution is 5.94. The molecule has 0 radical (unpaired) electrons. The van der Waals surface area contributed by atoms with Crippen LogP contribution in [-0.2, 0) is 0 Å². The number of nitrogens with one attached hydrogen (secondary N) is 1. The fourth-order valence-corrected chi connectivity index (χ4v) is 1.09. The lowest BCUT2D eigenvalue weighted by molar-refractivity contribution is 0.0952. The number of amides is 1. The lowest BCUT2D eigenvalue weighted by atomic mass is 10.2. The zero-order chi connectivity index (χ0) is 10.4. The van der Waals surface area contributed by atoms with Gasteiger partial charge in [0.05, 0.1) is 17.9 Å². The molecule has 1 N–H and O–H groups in total. The Balaban J connectivity index is 2.37. The molecule has 0 unspecified atom stereocenters. The van der Waals surface area contributed by atoms with Crippen molar-refractivity contribution in [1.82, 2.24) is 5.32 Å². The second kappa shape index (κ2) is 5.07. The zero-order valence-electron chi connectivity index (χ0n) is 8.04. The van der Waals surface area contributed by atoms with Gasteiger partial charge < -0.3 is 9.73 Å². The minimum absolute atomic E-state index is 0.144. The number of rotatable bonds is 4. The molecule has 0 aromatic carbocycles. The number of carbonyl (C=O) groups excluding carboxylic acids is 1. The SMILES string of the molecule is Cc1occc1C(=O)NCCCC#N. The van der Waals surface area contributed by atoms with Gasteiger partial charge in [0, 0.05) is 13.0 Å². The molecule has 4 nitrogen and oxygen atoms in total. The van der Waals surface area contributed by atoms with E-state index < -0.39 is 0 Å². The van der Waals surface area contributed by atoms with Gasteiger partial charge in [-0.3, -0.25) is 4.79 Å². The first-order chi connectivity index (χ1) is 6.75. The smallest absolute Gasteiger partial charge is 0.254 e. The van der Waals surface area contributed by atoms with E-state index in [0.717, 1.165) is 0 Å². The quantitative estimate of drug-likeness (QED) is 0.737. The van der Waals surface area contributed by atoms with Crippen LogP contribution in [0.5, 0.6) is 0 Å². The van der Waals surface area contributed by atoms with Crippen LogP contribution in [0.2, 0.25) is 0 Å². The predicted molar refractivity (Wildman–Crippen MR) is 50.6 cm³/mol. The first-order valence-electron chi connectivity index (χ1n) is 4.45. The highest BCUT2D eigenvalue weighted by Crippen LogP contribution is 2.07. The van der Waals surface area contributed by atoms with Crippen molar-refractivity contribution in [1.29, 1.82) is 5.26 Å². The first-order valence-corrected chi connectivity index (χ1v) is 4.45. The average molecular weight is 192 g/mol. The highest BCUT2D eigenvalue weighted by Gasteiger charge is 2.09. The number of nitrogens with zero attached hydrogens (tertiary/aromatic N) is 1. The molecule has 0 aliphatic heterocycles. The minimum atomic E-state index is -0.144. The van der Waals surface area contributed by atoms with Crippen molar-refractivity contribution >= 4 is 5.91 Å². The summed E-state index contributed by atoms with van der Waals surface area (Å²) >= 11 is 0. The second-order valence-electron chi connectivity index (χ2n) is 2.91. The monoisotopic (exact) mass is 192 g/mol. The Morgan fingerprint density at radius 1 is 1.71 bits per heavy atom. The number of hydrogen-bond donors (Lipinski definition) is 1. The number of furan rings is 1. The van der Waals surface area contributed by atoms with Gasteiger partial charge in [-0.25, -0.2) is 0 Å². The Morgan fingerprint density at radius 2 is 2.50 bits per heavy atom. The van der Waals surface area contributed by atoms with Crippen molar-refractivity contribution in [2.45, 2.75) is 19.8 Å². The van der Waals surface area contributed by atoms with E-state index in [1.165, 1.54) is 6.26 Å². The van der Waals surface area contributed by atoms with Gasteiger partial charge >= 0.3 is 0 Å². The van der Waals surface area contributed by atoms with E-state index in [-0.39, 0.29) is 5.91 Å². The van der Waals surface area contributed by atoms with Gasteiger partial charge in [0.25, 0.3) is 5.91 Å². The molecule has 1 heterocycles. The largest absolute Gasteiger partial charge is 0.469 e. The number of nitriles is 1. The minimum Gasteiger partial charge on any atom is -0.469 e. The summed E-state index contributed by atoms with van der Waals surface area (Å²) in [5, 5.41) is 11.0. The normalized spacial score (nSPS) is 9.43. The summed E-state index contributed by atoms with van der Waals surface area (Å²) in [4.78, 5) is 11.4. The van der Waals surface area contributed by atoms with Crippen molar-refractivity contribution in [3.63, 3.8) is 0 Å². The molecule has 0 aliphatic rings. The Hall–Kier alpha value is -1.76. The maximum atomic E-state index is 11.4. The topological polar surface area (TPSA) is 66.0 Å². The number of aryl methyl sites for hydroxylation is 1. The molecule has 0 saturated carbocycles. The predicted octanol–water partition coefficient (Wildman–Crippen LogP) is 1.62. The summed E-state index contributed by atoms with van der Waals surface area (Å²) in [6.45, 7) is 2.27. The van der Waals surface area contributed by atoms with E-state index in [2.05, 4.69) is 5.32 Å². The molecule has 0 saturated heterocycles. The van der Waals surface area contributed by atoms with Crippen molar-refractivity contribution < 1.29 is 9.21 Å². The van der Waals surface area contributed by atoms with E-state index in [1.54, 1.807) is 13.0 Å². The van der Waals surface area contributed by atoms with Gasteiger partial charge in [-0.2, -0.15) is 5.26 Å². The van der Waals surface area contributed by atoms with E-state index in [9.17, 15) is 4.79 Å². The van der Waals surface area contributed by atoms with Crippen LogP contribution in [0.15, 0.2) is 16.7 Å². The van der Waals surface area contributed by atoms with Crippen LogP contribution in [0.3, 0.4) is 0 Å². The highest BCUT2D eigenvalue weighted by atomic mass is 16.3. The average Bonchev–Trinajstić information content (AvgIpc) is 2.59. The van der Waals surface area contributed by atoms with E-state index >= 15 is 0 Å². The molecule has 0 atom stereocenters. The lowest BCUT2D eigenvalue weighted by Crippen LogP contribution is -2.24. The van der Waals surface area contributed by atoms with E-state index in [4.69, 9.17) is 9.68 Å². The van der Waals surface area contributed by atoms with Crippen LogP contribution >= 0.6 is 0 Å². The van der Waals surface area contributed by atoms with Crippen LogP contribution in [0, 0.1) is 18.3 Å². The molecule has 1 rings (SSSR count). The molecular formula is C10H12N2O2. The van der Waals surface area contributed by atoms with Gasteiger partial charge in [-0.1, -0.05) is 0 Å². The Morgan fingerprint density at radius 3 is 3.07 bits per heavy atom. The van der Waals surface area contributed by atoms with Gasteiger partial charge in [0.2, 0.25) is 0 Å². The third-order valence-electron chi connectivity index (χ3n) is 1.85. The van der Waals surface area contributed by atoms with E-state index in [0.29, 0.717) is 30.7 Å². The molecule has 4 heteroatoms. The summed E-state index contributed by atoms with van der Waals surface area (Å²) in [6, 6.07) is 3.65. The van der Waals surface area contributed by atoms with Crippen LogP contribution < -0.4 is 5.32 Å². The fourth-order valence-electron chi connectivity index (χ4n) is 1.09. The maximum absolute atomic E-state index is 11.4. The summed E-state index contributed by atoms with van der Waals surface area (Å²) in [7, 11) is 0. The van der Waals surface area contributed by atoms with Crippen LogP contribution in [0.25, 0.3) is 0 Å². The molecule has 74 valence electrons. The lowest BCUT2D eigenvalue weighted by Gasteiger charge is -2.01. The van der Waals surface area contributed by atoms with Crippen molar-refractivity contribution in [2.24, 2.45) is 0 Å². The van der Waals surface area contributed by atoms with Gasteiger partial charge in [0.1, 0.15) is 5.76 Å². The number of unbranched alkanes of at least 4 members (excludes halogenated alkanes) is 1. The summed E-state index contributed by atoms with van der Waals surface area (Å²) in [5.74, 6) is 0.469. The standard InChI is InChI=1S/C10H12N2O2/c1-8-9(4-7-14-8)10(13)12-6-3-2-5-11/h4,7H,2-3,6H2,1H3,(H,12,13). The summed E-state index contributed by atoms with van der Waals surface area (Å²) in [5.41, 5.74) is 0.557. The first kappa shape index (κ1) is 10.3. The van der Waals surface area contributed by atoms with Crippen LogP contribution in [-0.4, -0.2) is 12.5 Å². The summed E-state index contributed by atoms with van der Waals surface area (Å²) in [6.07, 6.45) is 2.63. The molecule has 0 bridgehead atoms. The molecule has 1 aromatic heterocycles. The van der Waals surface area contributed by atoms with Gasteiger partial charge in [-0.05, 0) is 19.4 Å². The van der Waals surface area contributed by atoms with Crippen LogP contribution in [0.4, 0.5) is 0 Å². The van der Waals surface area contributed by atoms with Crippen LogP contribution in [0.1, 0.15) is 29.0 Å². The number of carbonyl (C=O) groups is 1. The third kappa shape index (κ3) is 2.63. The second-order valence-corrected chi connectivity index (χ2v) is 2.91.